The number of hydrogen-bond acceptors (Lipinski definition) is 3. The van der Waals surface area contributed by atoms with Crippen molar-refractivity contribution < 1.29 is 9.59 Å². The van der Waals surface area contributed by atoms with Crippen LogP contribution in [-0.4, -0.2) is 28.7 Å². The summed E-state index contributed by atoms with van der Waals surface area (Å²) < 4.78 is 0. The molecule has 1 aliphatic carbocycles. The molecule has 3 rings (SSSR count). The summed E-state index contributed by atoms with van der Waals surface area (Å²) >= 11 is 12.0. The second-order valence-electron chi connectivity index (χ2n) is 6.88. The highest BCUT2D eigenvalue weighted by Gasteiger charge is 2.34. The Morgan fingerprint density at radius 1 is 1.14 bits per heavy atom. The largest absolute Gasteiger partial charge is 0.351 e. The van der Waals surface area contributed by atoms with Gasteiger partial charge in [-0.15, -0.1) is 11.6 Å². The highest BCUT2D eigenvalue weighted by molar-refractivity contribution is 6.31. The molecular formula is C21H23Cl2N3O2. The van der Waals surface area contributed by atoms with Crippen LogP contribution in [0.2, 0.25) is 5.02 Å². The molecule has 0 aliphatic heterocycles. The number of anilines is 1. The summed E-state index contributed by atoms with van der Waals surface area (Å²) in [7, 11) is 0. The van der Waals surface area contributed by atoms with E-state index in [1.165, 1.54) is 11.3 Å². The minimum Gasteiger partial charge on any atom is -0.351 e. The van der Waals surface area contributed by atoms with E-state index in [9.17, 15) is 9.59 Å². The molecule has 1 N–H and O–H groups in total. The number of aromatic nitrogens is 1. The molecule has 28 heavy (non-hydrogen) atoms. The lowest BCUT2D eigenvalue weighted by molar-refractivity contribution is -0.126. The lowest BCUT2D eigenvalue weighted by atomic mass is 9.95. The third-order valence-corrected chi connectivity index (χ3v) is 5.36. The Labute approximate surface area is 175 Å². The molecule has 148 valence electrons. The smallest absolute Gasteiger partial charge is 0.249 e. The van der Waals surface area contributed by atoms with Gasteiger partial charge in [0.05, 0.1) is 5.69 Å². The van der Waals surface area contributed by atoms with Crippen LogP contribution in [0.3, 0.4) is 0 Å². The van der Waals surface area contributed by atoms with Crippen molar-refractivity contribution in [2.75, 3.05) is 10.8 Å². The number of nitrogens with zero attached hydrogens (tertiary/aromatic N) is 2. The Kier molecular flexibility index (Phi) is 7.29. The van der Waals surface area contributed by atoms with E-state index in [0.29, 0.717) is 16.4 Å². The quantitative estimate of drug-likeness (QED) is 0.701. The third kappa shape index (κ3) is 5.03. The first-order valence-electron chi connectivity index (χ1n) is 9.45. The van der Waals surface area contributed by atoms with Crippen molar-refractivity contribution in [2.45, 2.75) is 44.2 Å². The third-order valence-electron chi connectivity index (χ3n) is 4.90. The van der Waals surface area contributed by atoms with Gasteiger partial charge in [0, 0.05) is 22.9 Å². The molecular weight excluding hydrogens is 397 g/mol. The molecule has 1 aliphatic rings. The van der Waals surface area contributed by atoms with E-state index in [4.69, 9.17) is 23.2 Å². The highest BCUT2D eigenvalue weighted by Crippen LogP contribution is 2.30. The molecule has 1 fully saturated rings. The normalized spacial score (nSPS) is 15.6. The number of hydrogen-bond donors (Lipinski definition) is 1. The molecule has 0 radical (unpaired) electrons. The van der Waals surface area contributed by atoms with Gasteiger partial charge in [0.1, 0.15) is 5.88 Å². The maximum absolute atomic E-state index is 13.3. The Balaban J connectivity index is 1.99. The Morgan fingerprint density at radius 3 is 2.57 bits per heavy atom. The number of nitrogens with one attached hydrogen (secondary N) is 1. The maximum atomic E-state index is 13.3. The van der Waals surface area contributed by atoms with Gasteiger partial charge in [0.2, 0.25) is 11.8 Å². The lowest BCUT2D eigenvalue weighted by Gasteiger charge is -2.32. The van der Waals surface area contributed by atoms with Gasteiger partial charge in [-0.2, -0.15) is 0 Å². The van der Waals surface area contributed by atoms with E-state index >= 15 is 0 Å². The first kappa shape index (κ1) is 20.6. The fourth-order valence-electron chi connectivity index (χ4n) is 3.58. The summed E-state index contributed by atoms with van der Waals surface area (Å²) in [5, 5.41) is 3.58. The van der Waals surface area contributed by atoms with Crippen LogP contribution < -0.4 is 10.2 Å². The molecule has 2 aromatic rings. The van der Waals surface area contributed by atoms with Crippen LogP contribution in [0, 0.1) is 0 Å². The Bertz CT molecular complexity index is 810. The van der Waals surface area contributed by atoms with Crippen molar-refractivity contribution in [3.8, 4) is 0 Å². The van der Waals surface area contributed by atoms with Crippen molar-refractivity contribution in [3.05, 3.63) is 59.4 Å². The molecule has 5 nitrogen and oxygen atoms in total. The minimum absolute atomic E-state index is 0.111. The fraction of sp³-hybridized carbons (Fsp3) is 0.381. The molecule has 2 amide bonds. The average Bonchev–Trinajstić information content (AvgIpc) is 2.72. The maximum Gasteiger partial charge on any atom is 0.249 e. The van der Waals surface area contributed by atoms with Gasteiger partial charge in [-0.3, -0.25) is 19.5 Å². The van der Waals surface area contributed by atoms with Gasteiger partial charge >= 0.3 is 0 Å². The average molecular weight is 420 g/mol. The summed E-state index contributed by atoms with van der Waals surface area (Å²) in [5.41, 5.74) is 0.988. The molecule has 1 aromatic heterocycles. The van der Waals surface area contributed by atoms with Crippen LogP contribution in [0.4, 0.5) is 5.69 Å². The fourth-order valence-corrected chi connectivity index (χ4v) is 3.89. The van der Waals surface area contributed by atoms with Crippen LogP contribution in [-0.2, 0) is 9.59 Å². The zero-order valence-corrected chi connectivity index (χ0v) is 17.0. The van der Waals surface area contributed by atoms with E-state index in [1.807, 2.05) is 0 Å². The minimum atomic E-state index is -0.923. The summed E-state index contributed by atoms with van der Waals surface area (Å²) in [6, 6.07) is 11.3. The Morgan fingerprint density at radius 2 is 1.93 bits per heavy atom. The predicted octanol–water partition coefficient (Wildman–Crippen LogP) is 4.50. The summed E-state index contributed by atoms with van der Waals surface area (Å²) in [5.74, 6) is -0.908. The van der Waals surface area contributed by atoms with E-state index in [1.54, 1.807) is 48.7 Å². The number of benzene rings is 1. The first-order chi connectivity index (χ1) is 13.6. The number of carbonyl (C=O) groups is 2. The van der Waals surface area contributed by atoms with Gasteiger partial charge in [0.25, 0.3) is 0 Å². The molecule has 1 unspecified atom stereocenters. The van der Waals surface area contributed by atoms with E-state index < -0.39 is 11.9 Å². The van der Waals surface area contributed by atoms with Crippen molar-refractivity contribution in [2.24, 2.45) is 0 Å². The zero-order chi connectivity index (χ0) is 19.9. The summed E-state index contributed by atoms with van der Waals surface area (Å²) in [4.78, 5) is 31.8. The number of alkyl halides is 1. The van der Waals surface area contributed by atoms with Crippen LogP contribution in [0.1, 0.15) is 43.8 Å². The van der Waals surface area contributed by atoms with Crippen molar-refractivity contribution >= 4 is 40.7 Å². The monoisotopic (exact) mass is 419 g/mol. The standard InChI is InChI=1S/C21H23Cl2N3O2/c22-14-19(27)26(17-10-6-7-15(23)13-17)20(18-11-4-5-12-24-18)21(28)25-16-8-2-1-3-9-16/h4-7,10-13,16,20H,1-3,8-9,14H2,(H,25,28). The zero-order valence-electron chi connectivity index (χ0n) is 15.5. The van der Waals surface area contributed by atoms with Gasteiger partial charge in [-0.1, -0.05) is 43.0 Å². The number of pyridine rings is 1. The van der Waals surface area contributed by atoms with Crippen LogP contribution >= 0.6 is 23.2 Å². The van der Waals surface area contributed by atoms with Crippen LogP contribution in [0.15, 0.2) is 48.7 Å². The molecule has 1 atom stereocenters. The van der Waals surface area contributed by atoms with Crippen molar-refractivity contribution in [1.82, 2.24) is 10.3 Å². The SMILES string of the molecule is O=C(NC1CCCCC1)C(c1ccccn1)N(C(=O)CCl)c1cccc(Cl)c1. The summed E-state index contributed by atoms with van der Waals surface area (Å²) in [6.45, 7) is 0. The molecule has 1 aromatic carbocycles. The van der Waals surface area contributed by atoms with Gasteiger partial charge < -0.3 is 5.32 Å². The molecule has 0 spiro atoms. The lowest BCUT2D eigenvalue weighted by Crippen LogP contribution is -2.48. The second kappa shape index (κ2) is 9.89. The highest BCUT2D eigenvalue weighted by atomic mass is 35.5. The summed E-state index contributed by atoms with van der Waals surface area (Å²) in [6.07, 6.45) is 6.88. The van der Waals surface area contributed by atoms with Crippen molar-refractivity contribution in [1.29, 1.82) is 0 Å². The van der Waals surface area contributed by atoms with Gasteiger partial charge in [0.15, 0.2) is 6.04 Å². The Hall–Kier alpha value is -2.11. The van der Waals surface area contributed by atoms with Gasteiger partial charge in [-0.05, 0) is 43.2 Å². The second-order valence-corrected chi connectivity index (χ2v) is 7.58. The number of rotatable bonds is 6. The first-order valence-corrected chi connectivity index (χ1v) is 10.4. The topological polar surface area (TPSA) is 62.3 Å². The predicted molar refractivity (Wildman–Crippen MR) is 112 cm³/mol. The van der Waals surface area contributed by atoms with Crippen molar-refractivity contribution in [3.63, 3.8) is 0 Å². The molecule has 1 saturated carbocycles. The number of carbonyl (C=O) groups excluding carboxylic acids is 2. The molecule has 1 heterocycles. The van der Waals surface area contributed by atoms with Gasteiger partial charge in [-0.25, -0.2) is 0 Å². The molecule has 7 heteroatoms. The van der Waals surface area contributed by atoms with Crippen LogP contribution in [0.5, 0.6) is 0 Å². The van der Waals surface area contributed by atoms with E-state index in [-0.39, 0.29) is 17.8 Å². The van der Waals surface area contributed by atoms with E-state index in [0.717, 1.165) is 25.7 Å². The molecule has 0 saturated heterocycles. The van der Waals surface area contributed by atoms with Crippen LogP contribution in [0.25, 0.3) is 0 Å². The number of halogens is 2. The molecule has 0 bridgehead atoms. The van der Waals surface area contributed by atoms with E-state index in [2.05, 4.69) is 10.3 Å². The number of amides is 2.